The predicted octanol–water partition coefficient (Wildman–Crippen LogP) is 4.68. The molecule has 0 saturated heterocycles. The van der Waals surface area contributed by atoms with Gasteiger partial charge < -0.3 is 9.73 Å². The van der Waals surface area contributed by atoms with Crippen molar-refractivity contribution in [1.82, 2.24) is 10.2 Å². The van der Waals surface area contributed by atoms with Gasteiger partial charge in [0.1, 0.15) is 0 Å². The standard InChI is InChI=1S/C15H12BrN3O2S2/c1-9(13(20)17-11-5-2-4-10(16)8-11)23-15-19-18-14(21-15)12-6-3-7-22-12/h2-9H,1H3,(H,17,20)/t9-/m1/s1. The van der Waals surface area contributed by atoms with Crippen LogP contribution in [-0.2, 0) is 4.79 Å². The Labute approximate surface area is 149 Å². The van der Waals surface area contributed by atoms with Crippen LogP contribution in [0, 0.1) is 0 Å². The number of rotatable bonds is 5. The van der Waals surface area contributed by atoms with Crippen LogP contribution in [-0.4, -0.2) is 21.4 Å². The van der Waals surface area contributed by atoms with E-state index in [1.165, 1.54) is 23.1 Å². The molecule has 0 aliphatic rings. The summed E-state index contributed by atoms with van der Waals surface area (Å²) in [6, 6.07) is 11.3. The Morgan fingerprint density at radius 1 is 1.35 bits per heavy atom. The van der Waals surface area contributed by atoms with Crippen LogP contribution in [0.1, 0.15) is 6.92 Å². The van der Waals surface area contributed by atoms with Crippen molar-refractivity contribution in [1.29, 1.82) is 0 Å². The maximum atomic E-state index is 12.2. The lowest BCUT2D eigenvalue weighted by Gasteiger charge is -2.10. The highest BCUT2D eigenvalue weighted by molar-refractivity contribution is 9.10. The van der Waals surface area contributed by atoms with Gasteiger partial charge in [0.2, 0.25) is 5.91 Å². The third kappa shape index (κ3) is 4.21. The molecular formula is C15H12BrN3O2S2. The van der Waals surface area contributed by atoms with Crippen molar-refractivity contribution in [2.24, 2.45) is 0 Å². The highest BCUT2D eigenvalue weighted by Crippen LogP contribution is 2.29. The van der Waals surface area contributed by atoms with E-state index in [-0.39, 0.29) is 11.2 Å². The Morgan fingerprint density at radius 3 is 2.96 bits per heavy atom. The fraction of sp³-hybridized carbons (Fsp3) is 0.133. The van der Waals surface area contributed by atoms with Crippen molar-refractivity contribution in [3.8, 4) is 10.8 Å². The highest BCUT2D eigenvalue weighted by Gasteiger charge is 2.19. The number of hydrogen-bond acceptors (Lipinski definition) is 6. The molecule has 23 heavy (non-hydrogen) atoms. The van der Waals surface area contributed by atoms with Crippen molar-refractivity contribution in [2.75, 3.05) is 5.32 Å². The van der Waals surface area contributed by atoms with Gasteiger partial charge in [-0.15, -0.1) is 21.5 Å². The van der Waals surface area contributed by atoms with Crippen LogP contribution >= 0.6 is 39.0 Å². The second-order valence-electron chi connectivity index (χ2n) is 4.61. The number of aromatic nitrogens is 2. The Kier molecular flexibility index (Phi) is 5.14. The van der Waals surface area contributed by atoms with E-state index in [1.807, 2.05) is 41.8 Å². The number of amides is 1. The minimum absolute atomic E-state index is 0.121. The molecule has 3 aromatic rings. The lowest BCUT2D eigenvalue weighted by Crippen LogP contribution is -2.22. The molecule has 8 heteroatoms. The number of carbonyl (C=O) groups is 1. The molecule has 3 rings (SSSR count). The molecule has 0 aliphatic heterocycles. The summed E-state index contributed by atoms with van der Waals surface area (Å²) >= 11 is 6.14. The van der Waals surface area contributed by atoms with Crippen LogP contribution < -0.4 is 5.32 Å². The summed E-state index contributed by atoms with van der Waals surface area (Å²) in [5, 5.41) is 12.8. The molecule has 118 valence electrons. The third-order valence-corrected chi connectivity index (χ3v) is 5.16. The monoisotopic (exact) mass is 409 g/mol. The second kappa shape index (κ2) is 7.29. The molecule has 2 aromatic heterocycles. The number of anilines is 1. The molecule has 0 radical (unpaired) electrons. The molecular weight excluding hydrogens is 398 g/mol. The number of nitrogens with zero attached hydrogens (tertiary/aromatic N) is 2. The Balaban J connectivity index is 1.62. The van der Waals surface area contributed by atoms with Gasteiger partial charge in [-0.25, -0.2) is 0 Å². The van der Waals surface area contributed by atoms with Crippen LogP contribution in [0.2, 0.25) is 0 Å². The number of hydrogen-bond donors (Lipinski definition) is 1. The zero-order chi connectivity index (χ0) is 16.2. The minimum atomic E-state index is -0.356. The van der Waals surface area contributed by atoms with Gasteiger partial charge in [-0.3, -0.25) is 4.79 Å². The molecule has 2 heterocycles. The van der Waals surface area contributed by atoms with Gasteiger partial charge >= 0.3 is 0 Å². The maximum absolute atomic E-state index is 12.2. The van der Waals surface area contributed by atoms with E-state index in [0.717, 1.165) is 15.0 Å². The van der Waals surface area contributed by atoms with Gasteiger partial charge in [0.25, 0.3) is 11.1 Å². The second-order valence-corrected chi connectivity index (χ2v) is 7.77. The minimum Gasteiger partial charge on any atom is -0.410 e. The lowest BCUT2D eigenvalue weighted by atomic mass is 10.3. The van der Waals surface area contributed by atoms with E-state index in [2.05, 4.69) is 31.4 Å². The molecule has 1 amide bonds. The first kappa shape index (κ1) is 16.2. The fourth-order valence-corrected chi connectivity index (χ4v) is 3.50. The first-order valence-electron chi connectivity index (χ1n) is 6.72. The van der Waals surface area contributed by atoms with Crippen molar-refractivity contribution in [3.63, 3.8) is 0 Å². The number of carbonyl (C=O) groups excluding carboxylic acids is 1. The summed E-state index contributed by atoms with van der Waals surface area (Å²) in [5.41, 5.74) is 0.738. The Morgan fingerprint density at radius 2 is 2.22 bits per heavy atom. The molecule has 1 aromatic carbocycles. The fourth-order valence-electron chi connectivity index (χ4n) is 1.77. The van der Waals surface area contributed by atoms with Gasteiger partial charge in [-0.2, -0.15) is 0 Å². The van der Waals surface area contributed by atoms with Crippen LogP contribution in [0.5, 0.6) is 0 Å². The summed E-state index contributed by atoms with van der Waals surface area (Å²) in [4.78, 5) is 13.1. The van der Waals surface area contributed by atoms with Gasteiger partial charge in [-0.1, -0.05) is 39.8 Å². The van der Waals surface area contributed by atoms with Crippen LogP contribution in [0.3, 0.4) is 0 Å². The molecule has 5 nitrogen and oxygen atoms in total. The van der Waals surface area contributed by atoms with Gasteiger partial charge in [0.15, 0.2) is 0 Å². The summed E-state index contributed by atoms with van der Waals surface area (Å²) in [6.07, 6.45) is 0. The number of benzene rings is 1. The van der Waals surface area contributed by atoms with E-state index in [9.17, 15) is 4.79 Å². The van der Waals surface area contributed by atoms with E-state index in [0.29, 0.717) is 11.1 Å². The summed E-state index contributed by atoms with van der Waals surface area (Å²) in [5.74, 6) is 0.353. The largest absolute Gasteiger partial charge is 0.410 e. The Bertz CT molecular complexity index is 805. The van der Waals surface area contributed by atoms with Gasteiger partial charge in [0, 0.05) is 10.2 Å². The molecule has 0 bridgehead atoms. The molecule has 0 fully saturated rings. The van der Waals surface area contributed by atoms with Crippen molar-refractivity contribution in [2.45, 2.75) is 17.4 Å². The average Bonchev–Trinajstić information content (AvgIpc) is 3.17. The lowest BCUT2D eigenvalue weighted by molar-refractivity contribution is -0.115. The van der Waals surface area contributed by atoms with Crippen LogP contribution in [0.15, 0.2) is 55.9 Å². The van der Waals surface area contributed by atoms with E-state index in [4.69, 9.17) is 4.42 Å². The SMILES string of the molecule is C[C@@H](Sc1nnc(-c2cccs2)o1)C(=O)Nc1cccc(Br)c1. The normalized spacial score (nSPS) is 12.1. The summed E-state index contributed by atoms with van der Waals surface area (Å²) in [7, 11) is 0. The molecule has 0 spiro atoms. The molecule has 1 N–H and O–H groups in total. The molecule has 1 atom stereocenters. The van der Waals surface area contributed by atoms with E-state index in [1.54, 1.807) is 6.92 Å². The first-order chi connectivity index (χ1) is 11.1. The summed E-state index contributed by atoms with van der Waals surface area (Å²) in [6.45, 7) is 1.80. The van der Waals surface area contributed by atoms with E-state index >= 15 is 0 Å². The smallest absolute Gasteiger partial charge is 0.277 e. The number of thioether (sulfide) groups is 1. The van der Waals surface area contributed by atoms with Crippen LogP contribution in [0.4, 0.5) is 5.69 Å². The zero-order valence-corrected chi connectivity index (χ0v) is 15.2. The van der Waals surface area contributed by atoms with Crippen molar-refractivity contribution >= 4 is 50.6 Å². The molecule has 0 aliphatic carbocycles. The Hall–Kier alpha value is -1.64. The number of thiophene rings is 1. The van der Waals surface area contributed by atoms with E-state index < -0.39 is 0 Å². The predicted molar refractivity (Wildman–Crippen MR) is 95.7 cm³/mol. The van der Waals surface area contributed by atoms with Gasteiger partial charge in [-0.05, 0) is 36.6 Å². The third-order valence-electron chi connectivity index (χ3n) is 2.88. The summed E-state index contributed by atoms with van der Waals surface area (Å²) < 4.78 is 6.49. The quantitative estimate of drug-likeness (QED) is 0.619. The molecule has 0 unspecified atom stereocenters. The first-order valence-corrected chi connectivity index (χ1v) is 9.27. The average molecular weight is 410 g/mol. The van der Waals surface area contributed by atoms with Gasteiger partial charge in [0.05, 0.1) is 10.1 Å². The van der Waals surface area contributed by atoms with Crippen molar-refractivity contribution < 1.29 is 9.21 Å². The van der Waals surface area contributed by atoms with Crippen LogP contribution in [0.25, 0.3) is 10.8 Å². The highest BCUT2D eigenvalue weighted by atomic mass is 79.9. The number of halogens is 1. The number of nitrogens with one attached hydrogen (secondary N) is 1. The maximum Gasteiger partial charge on any atom is 0.277 e. The topological polar surface area (TPSA) is 68.0 Å². The molecule has 0 saturated carbocycles. The zero-order valence-electron chi connectivity index (χ0n) is 12.0. The van der Waals surface area contributed by atoms with Crippen molar-refractivity contribution in [3.05, 3.63) is 46.3 Å².